The van der Waals surface area contributed by atoms with Gasteiger partial charge in [0.15, 0.2) is 0 Å². The third kappa shape index (κ3) is 13.9. The Morgan fingerprint density at radius 2 is 1.29 bits per heavy atom. The maximum Gasteiger partial charge on any atom is -0.00519 e. The summed E-state index contributed by atoms with van der Waals surface area (Å²) in [4.78, 5) is 0. The summed E-state index contributed by atoms with van der Waals surface area (Å²) in [5.74, 6) is 1.81. The average molecular weight is 241 g/mol. The number of nitrogens with one attached hydrogen (secondary N) is 1. The molecule has 17 heavy (non-hydrogen) atoms. The minimum absolute atomic E-state index is 0.872. The average Bonchev–Trinajstić information content (AvgIpc) is 2.26. The van der Waals surface area contributed by atoms with E-state index in [1.165, 1.54) is 64.3 Å². The van der Waals surface area contributed by atoms with Crippen molar-refractivity contribution in [2.75, 3.05) is 13.6 Å². The first-order chi connectivity index (χ1) is 8.16. The van der Waals surface area contributed by atoms with Crippen LogP contribution in [0.25, 0.3) is 0 Å². The van der Waals surface area contributed by atoms with E-state index in [4.69, 9.17) is 0 Å². The lowest BCUT2D eigenvalue weighted by molar-refractivity contribution is 0.397. The normalized spacial score (nSPS) is 13.2. The standard InChI is InChI=1S/C16H35N/c1-15(2)14-16(3)12-10-8-6-5-7-9-11-13-17-4/h15-17H,5-14H2,1-4H3. The maximum atomic E-state index is 3.21. The highest BCUT2D eigenvalue weighted by molar-refractivity contribution is 4.57. The molecular formula is C16H35N. The van der Waals surface area contributed by atoms with Crippen LogP contribution in [0.2, 0.25) is 0 Å². The molecule has 1 nitrogen and oxygen atoms in total. The molecule has 0 fully saturated rings. The van der Waals surface area contributed by atoms with E-state index in [0.717, 1.165) is 11.8 Å². The Kier molecular flexibility index (Phi) is 12.4. The van der Waals surface area contributed by atoms with Crippen LogP contribution in [0.3, 0.4) is 0 Å². The van der Waals surface area contributed by atoms with Crippen molar-refractivity contribution in [2.45, 2.75) is 78.6 Å². The quantitative estimate of drug-likeness (QED) is 0.474. The smallest absolute Gasteiger partial charge is 0.00519 e. The molecule has 0 aliphatic heterocycles. The van der Waals surface area contributed by atoms with Gasteiger partial charge in [0.1, 0.15) is 0 Å². The molecule has 0 rings (SSSR count). The van der Waals surface area contributed by atoms with E-state index in [0.29, 0.717) is 0 Å². The Morgan fingerprint density at radius 3 is 1.82 bits per heavy atom. The molecule has 1 heteroatoms. The Bertz CT molecular complexity index is 142. The summed E-state index contributed by atoms with van der Waals surface area (Å²) in [6.45, 7) is 8.27. The number of hydrogen-bond donors (Lipinski definition) is 1. The van der Waals surface area contributed by atoms with E-state index in [1.807, 2.05) is 7.05 Å². The highest BCUT2D eigenvalue weighted by Gasteiger charge is 2.04. The van der Waals surface area contributed by atoms with E-state index in [1.54, 1.807) is 0 Å². The largest absolute Gasteiger partial charge is 0.320 e. The molecule has 0 saturated heterocycles. The van der Waals surface area contributed by atoms with Crippen LogP contribution in [-0.4, -0.2) is 13.6 Å². The molecule has 0 aromatic carbocycles. The summed E-state index contributed by atoms with van der Waals surface area (Å²) >= 11 is 0. The lowest BCUT2D eigenvalue weighted by Gasteiger charge is -2.13. The van der Waals surface area contributed by atoms with Crippen LogP contribution in [-0.2, 0) is 0 Å². The molecule has 1 unspecified atom stereocenters. The zero-order valence-electron chi connectivity index (χ0n) is 12.7. The van der Waals surface area contributed by atoms with Gasteiger partial charge in [-0.1, -0.05) is 65.7 Å². The van der Waals surface area contributed by atoms with Crippen molar-refractivity contribution < 1.29 is 0 Å². The second-order valence-electron chi connectivity index (χ2n) is 6.10. The van der Waals surface area contributed by atoms with Crippen molar-refractivity contribution in [2.24, 2.45) is 11.8 Å². The third-order valence-electron chi connectivity index (χ3n) is 3.50. The Morgan fingerprint density at radius 1 is 0.765 bits per heavy atom. The van der Waals surface area contributed by atoms with E-state index in [9.17, 15) is 0 Å². The summed E-state index contributed by atoms with van der Waals surface area (Å²) in [5.41, 5.74) is 0. The van der Waals surface area contributed by atoms with Gasteiger partial charge >= 0.3 is 0 Å². The van der Waals surface area contributed by atoms with Crippen LogP contribution in [0.4, 0.5) is 0 Å². The molecule has 1 N–H and O–H groups in total. The molecule has 0 aliphatic carbocycles. The van der Waals surface area contributed by atoms with Gasteiger partial charge in [-0.3, -0.25) is 0 Å². The lowest BCUT2D eigenvalue weighted by atomic mass is 9.93. The van der Waals surface area contributed by atoms with Crippen molar-refractivity contribution in [3.05, 3.63) is 0 Å². The van der Waals surface area contributed by atoms with Crippen LogP contribution < -0.4 is 5.32 Å². The second-order valence-corrected chi connectivity index (χ2v) is 6.10. The Labute approximate surface area is 110 Å². The maximum absolute atomic E-state index is 3.21. The summed E-state index contributed by atoms with van der Waals surface area (Å²) in [6.07, 6.45) is 12.8. The van der Waals surface area contributed by atoms with Gasteiger partial charge in [-0.15, -0.1) is 0 Å². The van der Waals surface area contributed by atoms with Crippen molar-refractivity contribution in [1.29, 1.82) is 0 Å². The van der Waals surface area contributed by atoms with Gasteiger partial charge < -0.3 is 5.32 Å². The van der Waals surface area contributed by atoms with Crippen molar-refractivity contribution in [3.63, 3.8) is 0 Å². The molecule has 104 valence electrons. The van der Waals surface area contributed by atoms with Gasteiger partial charge in [-0.25, -0.2) is 0 Å². The second kappa shape index (κ2) is 12.4. The SMILES string of the molecule is CNCCCCCCCCCC(C)CC(C)C. The van der Waals surface area contributed by atoms with E-state index in [-0.39, 0.29) is 0 Å². The van der Waals surface area contributed by atoms with Crippen molar-refractivity contribution in [1.82, 2.24) is 5.32 Å². The molecule has 0 aromatic heterocycles. The van der Waals surface area contributed by atoms with E-state index >= 15 is 0 Å². The molecule has 0 spiro atoms. The van der Waals surface area contributed by atoms with Gasteiger partial charge in [0.05, 0.1) is 0 Å². The number of hydrogen-bond acceptors (Lipinski definition) is 1. The fourth-order valence-electron chi connectivity index (χ4n) is 2.60. The summed E-state index contributed by atoms with van der Waals surface area (Å²) in [6, 6.07) is 0. The van der Waals surface area contributed by atoms with Gasteiger partial charge in [0.2, 0.25) is 0 Å². The molecule has 0 amide bonds. The highest BCUT2D eigenvalue weighted by atomic mass is 14.8. The fourth-order valence-corrected chi connectivity index (χ4v) is 2.60. The molecule has 0 bridgehead atoms. The minimum atomic E-state index is 0.872. The third-order valence-corrected chi connectivity index (χ3v) is 3.50. The van der Waals surface area contributed by atoms with Crippen molar-refractivity contribution >= 4 is 0 Å². The topological polar surface area (TPSA) is 12.0 Å². The van der Waals surface area contributed by atoms with Gasteiger partial charge in [0.25, 0.3) is 0 Å². The van der Waals surface area contributed by atoms with Crippen LogP contribution in [0.15, 0.2) is 0 Å². The number of unbranched alkanes of at least 4 members (excludes halogenated alkanes) is 6. The first-order valence-corrected chi connectivity index (χ1v) is 7.81. The predicted octanol–water partition coefficient (Wildman–Crippen LogP) is 5.01. The highest BCUT2D eigenvalue weighted by Crippen LogP contribution is 2.18. The van der Waals surface area contributed by atoms with Gasteiger partial charge in [-0.05, 0) is 38.3 Å². The molecule has 0 aliphatic rings. The molecule has 0 aromatic rings. The molecule has 1 atom stereocenters. The zero-order chi connectivity index (χ0) is 12.9. The molecule has 0 radical (unpaired) electrons. The summed E-state index contributed by atoms with van der Waals surface area (Å²) in [5, 5.41) is 3.21. The first kappa shape index (κ1) is 17.0. The van der Waals surface area contributed by atoms with Crippen LogP contribution in [0.1, 0.15) is 78.6 Å². The summed E-state index contributed by atoms with van der Waals surface area (Å²) in [7, 11) is 2.04. The molecule has 0 heterocycles. The van der Waals surface area contributed by atoms with Crippen molar-refractivity contribution in [3.8, 4) is 0 Å². The van der Waals surface area contributed by atoms with Crippen LogP contribution in [0.5, 0.6) is 0 Å². The summed E-state index contributed by atoms with van der Waals surface area (Å²) < 4.78 is 0. The zero-order valence-corrected chi connectivity index (χ0v) is 12.7. The van der Waals surface area contributed by atoms with Crippen LogP contribution >= 0.6 is 0 Å². The Hall–Kier alpha value is -0.0400. The van der Waals surface area contributed by atoms with E-state index in [2.05, 4.69) is 26.1 Å². The van der Waals surface area contributed by atoms with Gasteiger partial charge in [-0.2, -0.15) is 0 Å². The molecular weight excluding hydrogens is 206 g/mol. The number of rotatable bonds is 12. The Balaban J connectivity index is 3.07. The van der Waals surface area contributed by atoms with Crippen LogP contribution in [0, 0.1) is 11.8 Å². The first-order valence-electron chi connectivity index (χ1n) is 7.81. The minimum Gasteiger partial charge on any atom is -0.320 e. The predicted molar refractivity (Wildman–Crippen MR) is 79.5 cm³/mol. The monoisotopic (exact) mass is 241 g/mol. The lowest BCUT2D eigenvalue weighted by Crippen LogP contribution is -2.06. The van der Waals surface area contributed by atoms with E-state index < -0.39 is 0 Å². The molecule has 0 saturated carbocycles. The fraction of sp³-hybridized carbons (Fsp3) is 1.00. The van der Waals surface area contributed by atoms with Gasteiger partial charge in [0, 0.05) is 0 Å².